The monoisotopic (exact) mass is 170 g/mol. The molecule has 4 nitrogen and oxygen atoms in total. The summed E-state index contributed by atoms with van der Waals surface area (Å²) in [4.78, 5) is 3.29. The molecule has 1 rings (SSSR count). The lowest BCUT2D eigenvalue weighted by Crippen LogP contribution is -1.98. The molecule has 1 heterocycles. The second-order valence-electron chi connectivity index (χ2n) is 1.36. The lowest BCUT2D eigenvalue weighted by molar-refractivity contribution is 0.0565. The van der Waals surface area contributed by atoms with E-state index in [0.717, 1.165) is 6.33 Å². The van der Waals surface area contributed by atoms with Gasteiger partial charge in [0.15, 0.2) is 0 Å². The maximum atomic E-state index is 11.6. The fourth-order valence-electron chi connectivity index (χ4n) is 0.382. The van der Waals surface area contributed by atoms with Crippen LogP contribution in [0.25, 0.3) is 0 Å². The summed E-state index contributed by atoms with van der Waals surface area (Å²) in [5.41, 5.74) is 4.94. The molecule has 0 aromatic carbocycles. The maximum absolute atomic E-state index is 11.6. The molecule has 0 aliphatic carbocycles. The van der Waals surface area contributed by atoms with Crippen LogP contribution in [0.15, 0.2) is 6.33 Å². The summed E-state index contributed by atoms with van der Waals surface area (Å²) < 4.78 is 23.6. The van der Waals surface area contributed by atoms with Crippen LogP contribution >= 0.6 is 12.4 Å². The average Bonchev–Trinajstić information content (AvgIpc) is 2.14. The minimum Gasteiger partial charge on any atom is -0.367 e. The van der Waals surface area contributed by atoms with Crippen molar-refractivity contribution in [3.63, 3.8) is 0 Å². The Morgan fingerprint density at radius 2 is 2.20 bits per heavy atom. The molecule has 1 aromatic heterocycles. The van der Waals surface area contributed by atoms with Gasteiger partial charge in [-0.15, -0.1) is 17.5 Å². The number of anilines is 1. The number of hydrogen-bond acceptors (Lipinski definition) is 3. The first-order valence-corrected chi connectivity index (χ1v) is 2.15. The van der Waals surface area contributed by atoms with Gasteiger partial charge < -0.3 is 5.73 Å². The first-order chi connectivity index (χ1) is 4.20. The SMILES string of the molecule is Cl.Nc1ncn(C(F)F)n1. The van der Waals surface area contributed by atoms with Gasteiger partial charge in [-0.2, -0.15) is 13.5 Å². The second-order valence-corrected chi connectivity index (χ2v) is 1.36. The zero-order valence-corrected chi connectivity index (χ0v) is 5.55. The van der Waals surface area contributed by atoms with Crippen molar-refractivity contribution < 1.29 is 8.78 Å². The fraction of sp³-hybridized carbons (Fsp3) is 0.333. The van der Waals surface area contributed by atoms with Crippen LogP contribution in [0, 0.1) is 0 Å². The Morgan fingerprint density at radius 3 is 2.40 bits per heavy atom. The molecule has 0 amide bonds. The van der Waals surface area contributed by atoms with Crippen molar-refractivity contribution >= 4 is 18.4 Å². The van der Waals surface area contributed by atoms with Crippen molar-refractivity contribution in [1.82, 2.24) is 14.8 Å². The summed E-state index contributed by atoms with van der Waals surface area (Å²) in [5, 5.41) is 3.14. The van der Waals surface area contributed by atoms with Crippen LogP contribution in [0.2, 0.25) is 0 Å². The molecule has 0 bridgehead atoms. The highest BCUT2D eigenvalue weighted by atomic mass is 35.5. The number of nitrogens with two attached hydrogens (primary N) is 1. The third kappa shape index (κ3) is 1.80. The summed E-state index contributed by atoms with van der Waals surface area (Å²) in [5.74, 6) is -0.143. The third-order valence-electron chi connectivity index (χ3n) is 0.726. The molecule has 0 radical (unpaired) electrons. The van der Waals surface area contributed by atoms with Gasteiger partial charge in [-0.05, 0) is 0 Å². The first kappa shape index (κ1) is 9.09. The van der Waals surface area contributed by atoms with Crippen LogP contribution in [-0.4, -0.2) is 14.8 Å². The molecule has 2 N–H and O–H groups in total. The third-order valence-corrected chi connectivity index (χ3v) is 0.726. The van der Waals surface area contributed by atoms with Gasteiger partial charge in [0.2, 0.25) is 5.95 Å². The van der Waals surface area contributed by atoms with Crippen molar-refractivity contribution in [3.8, 4) is 0 Å². The quantitative estimate of drug-likeness (QED) is 0.674. The smallest absolute Gasteiger partial charge is 0.334 e. The van der Waals surface area contributed by atoms with Gasteiger partial charge in [0.25, 0.3) is 0 Å². The zero-order chi connectivity index (χ0) is 6.85. The molecule has 1 aromatic rings. The number of nitrogens with zero attached hydrogens (tertiary/aromatic N) is 3. The Kier molecular flexibility index (Phi) is 3.01. The number of halogens is 3. The molecule has 58 valence electrons. The molecular weight excluding hydrogens is 166 g/mol. The van der Waals surface area contributed by atoms with Gasteiger partial charge in [-0.25, -0.2) is 4.98 Å². The van der Waals surface area contributed by atoms with Gasteiger partial charge >= 0.3 is 6.55 Å². The highest BCUT2D eigenvalue weighted by molar-refractivity contribution is 5.85. The molecule has 0 unspecified atom stereocenters. The van der Waals surface area contributed by atoms with Gasteiger partial charge in [0, 0.05) is 0 Å². The second kappa shape index (κ2) is 3.31. The van der Waals surface area contributed by atoms with Crippen LogP contribution in [0.3, 0.4) is 0 Å². The largest absolute Gasteiger partial charge is 0.367 e. The number of hydrogen-bond donors (Lipinski definition) is 1. The summed E-state index contributed by atoms with van der Waals surface area (Å²) in [6.07, 6.45) is 0.875. The van der Waals surface area contributed by atoms with Crippen LogP contribution in [0.5, 0.6) is 0 Å². The molecule has 7 heteroatoms. The van der Waals surface area contributed by atoms with E-state index in [2.05, 4.69) is 10.1 Å². The van der Waals surface area contributed by atoms with Crippen molar-refractivity contribution in [2.75, 3.05) is 5.73 Å². The highest BCUT2D eigenvalue weighted by Gasteiger charge is 2.05. The normalized spacial score (nSPS) is 9.50. The molecular formula is C3H5ClF2N4. The predicted octanol–water partition coefficient (Wildman–Crippen LogP) is 0.677. The van der Waals surface area contributed by atoms with E-state index >= 15 is 0 Å². The fourth-order valence-corrected chi connectivity index (χ4v) is 0.382. The van der Waals surface area contributed by atoms with Gasteiger partial charge in [-0.1, -0.05) is 0 Å². The maximum Gasteiger partial charge on any atom is 0.334 e. The van der Waals surface area contributed by atoms with Crippen molar-refractivity contribution in [3.05, 3.63) is 6.33 Å². The number of rotatable bonds is 1. The summed E-state index contributed by atoms with van der Waals surface area (Å²) >= 11 is 0. The van der Waals surface area contributed by atoms with E-state index in [1.165, 1.54) is 0 Å². The van der Waals surface area contributed by atoms with Crippen LogP contribution in [0.1, 0.15) is 6.55 Å². The van der Waals surface area contributed by atoms with Crippen LogP contribution < -0.4 is 5.73 Å². The van der Waals surface area contributed by atoms with Gasteiger partial charge in [-0.3, -0.25) is 0 Å². The number of aromatic nitrogens is 3. The molecule has 0 fully saturated rings. The number of nitrogen functional groups attached to an aromatic ring is 1. The van der Waals surface area contributed by atoms with E-state index in [-0.39, 0.29) is 18.4 Å². The van der Waals surface area contributed by atoms with Gasteiger partial charge in [0.1, 0.15) is 6.33 Å². The summed E-state index contributed by atoms with van der Waals surface area (Å²) in [7, 11) is 0. The molecule has 0 saturated heterocycles. The topological polar surface area (TPSA) is 56.7 Å². The van der Waals surface area contributed by atoms with E-state index in [1.54, 1.807) is 0 Å². The molecule has 10 heavy (non-hydrogen) atoms. The summed E-state index contributed by atoms with van der Waals surface area (Å²) in [6.45, 7) is -2.66. The lowest BCUT2D eigenvalue weighted by Gasteiger charge is -1.92. The molecule has 0 saturated carbocycles. The molecule has 0 aliphatic rings. The average molecular weight is 171 g/mol. The van der Waals surface area contributed by atoms with E-state index in [1.807, 2.05) is 0 Å². The van der Waals surface area contributed by atoms with E-state index in [0.29, 0.717) is 4.68 Å². The Bertz CT molecular complexity index is 200. The summed E-state index contributed by atoms with van der Waals surface area (Å²) in [6, 6.07) is 0. The van der Waals surface area contributed by atoms with Crippen molar-refractivity contribution in [1.29, 1.82) is 0 Å². The molecule has 0 atom stereocenters. The minimum atomic E-state index is -2.66. The molecule has 0 aliphatic heterocycles. The predicted molar refractivity (Wildman–Crippen MR) is 32.9 cm³/mol. The van der Waals surface area contributed by atoms with Crippen molar-refractivity contribution in [2.45, 2.75) is 6.55 Å². The van der Waals surface area contributed by atoms with E-state index < -0.39 is 6.55 Å². The first-order valence-electron chi connectivity index (χ1n) is 2.15. The highest BCUT2D eigenvalue weighted by Crippen LogP contribution is 2.06. The van der Waals surface area contributed by atoms with E-state index in [4.69, 9.17) is 5.73 Å². The number of alkyl halides is 2. The van der Waals surface area contributed by atoms with Crippen LogP contribution in [0.4, 0.5) is 14.7 Å². The minimum absolute atomic E-state index is 0. The van der Waals surface area contributed by atoms with Crippen molar-refractivity contribution in [2.24, 2.45) is 0 Å². The van der Waals surface area contributed by atoms with E-state index in [9.17, 15) is 8.78 Å². The lowest BCUT2D eigenvalue weighted by atomic mass is 11.1. The Morgan fingerprint density at radius 1 is 1.60 bits per heavy atom. The Labute approximate surface area is 61.4 Å². The molecule has 0 spiro atoms. The van der Waals surface area contributed by atoms with Gasteiger partial charge in [0.05, 0.1) is 0 Å². The standard InChI is InChI=1S/C3H4F2N4.ClH/c4-2(5)9-1-7-3(6)8-9;/h1-2H,(H2,6,8);1H. The van der Waals surface area contributed by atoms with Crippen LogP contribution in [-0.2, 0) is 0 Å². The zero-order valence-electron chi connectivity index (χ0n) is 4.74. The Balaban J connectivity index is 0.000000810. The Hall–Kier alpha value is -0.910.